The summed E-state index contributed by atoms with van der Waals surface area (Å²) < 4.78 is 158. The van der Waals surface area contributed by atoms with Crippen molar-refractivity contribution >= 4 is 33.2 Å². The van der Waals surface area contributed by atoms with Crippen LogP contribution >= 0.6 is 11.6 Å². The zero-order valence-electron chi connectivity index (χ0n) is 21.3. The van der Waals surface area contributed by atoms with Gasteiger partial charge < -0.3 is 5.32 Å². The Bertz CT molecular complexity index is 1410. The molecule has 16 heteroatoms. The van der Waals surface area contributed by atoms with Crippen LogP contribution in [0.2, 0.25) is 5.02 Å². The summed E-state index contributed by atoms with van der Waals surface area (Å²) in [5.41, 5.74) is -3.81. The summed E-state index contributed by atoms with van der Waals surface area (Å²) in [6, 6.07) is 1.71. The molecule has 1 amide bonds. The van der Waals surface area contributed by atoms with E-state index < -0.39 is 85.8 Å². The second-order valence-corrected chi connectivity index (χ2v) is 11.8. The number of hydrogen-bond donors (Lipinski definition) is 1. The van der Waals surface area contributed by atoms with Gasteiger partial charge in [-0.15, -0.1) is 0 Å². The van der Waals surface area contributed by atoms with Gasteiger partial charge in [0.1, 0.15) is 17.5 Å². The highest BCUT2D eigenvalue weighted by molar-refractivity contribution is 7.91. The summed E-state index contributed by atoms with van der Waals surface area (Å²) in [6.07, 6.45) is -15.4. The Morgan fingerprint density at radius 1 is 0.976 bits per heavy atom. The van der Waals surface area contributed by atoms with Gasteiger partial charge in [0, 0.05) is 16.6 Å². The van der Waals surface area contributed by atoms with Crippen molar-refractivity contribution < 1.29 is 57.1 Å². The normalized spacial score (nSPS) is 15.0. The molecule has 4 nitrogen and oxygen atoms in total. The lowest BCUT2D eigenvalue weighted by Gasteiger charge is -2.20. The van der Waals surface area contributed by atoms with Crippen molar-refractivity contribution in [2.75, 3.05) is 11.5 Å². The first-order chi connectivity index (χ1) is 18.4. The smallest absolute Gasteiger partial charge is 0.349 e. The lowest BCUT2D eigenvalue weighted by atomic mass is 9.93. The molecule has 2 aromatic rings. The number of allylic oxidation sites excluding steroid dienone is 1. The number of carbonyl (C=O) groups is 1. The molecule has 0 saturated heterocycles. The monoisotopic (exact) mass is 641 g/mol. The van der Waals surface area contributed by atoms with Crippen LogP contribution in [0.5, 0.6) is 0 Å². The van der Waals surface area contributed by atoms with Gasteiger partial charge in [-0.2, -0.15) is 39.5 Å². The summed E-state index contributed by atoms with van der Waals surface area (Å²) in [4.78, 5) is 12.5. The SMILES string of the molecule is Cc1cc(C(/C=C(\F)c2ccc(C(=O)NC(C)CS(=O)(=O)CC(F)(F)F)c(C(F)(F)F)c2)C(F)(F)F)cc(C)c1Cl. The number of benzene rings is 2. The molecule has 0 heterocycles. The van der Waals surface area contributed by atoms with Crippen LogP contribution in [0, 0.1) is 13.8 Å². The van der Waals surface area contributed by atoms with Crippen molar-refractivity contribution in [3.05, 3.63) is 74.8 Å². The molecule has 0 aliphatic rings. The maximum atomic E-state index is 15.0. The van der Waals surface area contributed by atoms with Crippen LogP contribution in [0.15, 0.2) is 36.4 Å². The van der Waals surface area contributed by atoms with Crippen molar-refractivity contribution in [1.29, 1.82) is 0 Å². The molecule has 0 aliphatic heterocycles. The summed E-state index contributed by atoms with van der Waals surface area (Å²) in [5, 5.41) is 2.01. The number of rotatable bonds is 8. The minimum Gasteiger partial charge on any atom is -0.349 e. The van der Waals surface area contributed by atoms with E-state index >= 15 is 4.39 Å². The van der Waals surface area contributed by atoms with Crippen molar-refractivity contribution in [3.63, 3.8) is 0 Å². The molecule has 2 unspecified atom stereocenters. The van der Waals surface area contributed by atoms with E-state index in [-0.39, 0.29) is 28.3 Å². The number of amides is 1. The van der Waals surface area contributed by atoms with Gasteiger partial charge in [-0.25, -0.2) is 12.8 Å². The predicted octanol–water partition coefficient (Wildman–Crippen LogP) is 7.73. The Morgan fingerprint density at radius 2 is 1.51 bits per heavy atom. The third kappa shape index (κ3) is 9.62. The van der Waals surface area contributed by atoms with Gasteiger partial charge in [-0.05, 0) is 55.7 Å². The average molecular weight is 642 g/mol. The maximum Gasteiger partial charge on any atom is 0.417 e. The molecule has 2 aromatic carbocycles. The fourth-order valence-electron chi connectivity index (χ4n) is 3.94. The number of nitrogens with one attached hydrogen (secondary N) is 1. The van der Waals surface area contributed by atoms with Crippen molar-refractivity contribution in [3.8, 4) is 0 Å². The molecule has 0 aromatic heterocycles. The summed E-state index contributed by atoms with van der Waals surface area (Å²) in [5.74, 6) is -9.29. The summed E-state index contributed by atoms with van der Waals surface area (Å²) in [6.45, 7) is 3.77. The maximum absolute atomic E-state index is 15.0. The molecule has 228 valence electrons. The largest absolute Gasteiger partial charge is 0.417 e. The van der Waals surface area contributed by atoms with Gasteiger partial charge in [0.2, 0.25) is 0 Å². The first-order valence-electron chi connectivity index (χ1n) is 11.4. The fourth-order valence-corrected chi connectivity index (χ4v) is 5.51. The average Bonchev–Trinajstić information content (AvgIpc) is 2.76. The molecular formula is C25H22ClF10NO3S. The summed E-state index contributed by atoms with van der Waals surface area (Å²) in [7, 11) is -4.80. The number of halogens is 11. The van der Waals surface area contributed by atoms with Crippen LogP contribution in [0.1, 0.15) is 51.0 Å². The predicted molar refractivity (Wildman–Crippen MR) is 132 cm³/mol. The minimum absolute atomic E-state index is 0.0743. The highest BCUT2D eigenvalue weighted by atomic mass is 35.5. The van der Waals surface area contributed by atoms with E-state index in [0.717, 1.165) is 19.1 Å². The van der Waals surface area contributed by atoms with Crippen LogP contribution < -0.4 is 5.32 Å². The van der Waals surface area contributed by atoms with Crippen LogP contribution in [0.3, 0.4) is 0 Å². The topological polar surface area (TPSA) is 63.2 Å². The minimum atomic E-state index is -5.33. The zero-order chi connectivity index (χ0) is 31.7. The molecule has 0 fully saturated rings. The quantitative estimate of drug-likeness (QED) is 0.300. The zero-order valence-corrected chi connectivity index (χ0v) is 22.9. The Hall–Kier alpha value is -2.81. The van der Waals surface area contributed by atoms with E-state index in [2.05, 4.69) is 0 Å². The van der Waals surface area contributed by atoms with Crippen molar-refractivity contribution in [2.45, 2.75) is 51.3 Å². The van der Waals surface area contributed by atoms with Crippen LogP contribution in [-0.2, 0) is 16.0 Å². The Morgan fingerprint density at radius 3 is 1.98 bits per heavy atom. The Kier molecular flexibility index (Phi) is 10.2. The third-order valence-electron chi connectivity index (χ3n) is 5.59. The summed E-state index contributed by atoms with van der Waals surface area (Å²) >= 11 is 5.97. The lowest BCUT2D eigenvalue weighted by molar-refractivity contribution is -0.140. The van der Waals surface area contributed by atoms with Crippen LogP contribution in [-0.4, -0.2) is 44.2 Å². The molecule has 0 spiro atoms. The first-order valence-corrected chi connectivity index (χ1v) is 13.6. The Labute approximate surface area is 233 Å². The molecule has 2 atom stereocenters. The van der Waals surface area contributed by atoms with Gasteiger partial charge in [0.05, 0.1) is 16.9 Å². The van der Waals surface area contributed by atoms with E-state index in [1.807, 2.05) is 5.32 Å². The van der Waals surface area contributed by atoms with Gasteiger partial charge in [-0.3, -0.25) is 4.79 Å². The molecular weight excluding hydrogens is 620 g/mol. The number of alkyl halides is 9. The van der Waals surface area contributed by atoms with E-state index in [1.54, 1.807) is 0 Å². The number of sulfone groups is 1. The van der Waals surface area contributed by atoms with E-state index in [4.69, 9.17) is 11.6 Å². The Balaban J connectivity index is 2.46. The second-order valence-electron chi connectivity index (χ2n) is 9.30. The van der Waals surface area contributed by atoms with Crippen LogP contribution in [0.25, 0.3) is 5.83 Å². The van der Waals surface area contributed by atoms with Crippen molar-refractivity contribution in [1.82, 2.24) is 5.32 Å². The van der Waals surface area contributed by atoms with Gasteiger partial charge in [0.25, 0.3) is 5.91 Å². The molecule has 0 bridgehead atoms. The van der Waals surface area contributed by atoms with Gasteiger partial charge in [-0.1, -0.05) is 29.8 Å². The molecule has 2 rings (SSSR count). The van der Waals surface area contributed by atoms with Gasteiger partial charge in [0.15, 0.2) is 9.84 Å². The molecule has 0 radical (unpaired) electrons. The van der Waals surface area contributed by atoms with E-state index in [1.165, 1.54) is 13.8 Å². The van der Waals surface area contributed by atoms with Crippen molar-refractivity contribution in [2.24, 2.45) is 0 Å². The number of hydrogen-bond acceptors (Lipinski definition) is 3. The number of carbonyl (C=O) groups excluding carboxylic acids is 1. The number of aryl methyl sites for hydroxylation is 2. The third-order valence-corrected chi connectivity index (χ3v) is 7.97. The highest BCUT2D eigenvalue weighted by Crippen LogP contribution is 2.41. The van der Waals surface area contributed by atoms with E-state index in [9.17, 15) is 52.7 Å². The highest BCUT2D eigenvalue weighted by Gasteiger charge is 2.41. The molecule has 1 N–H and O–H groups in total. The molecule has 0 aliphatic carbocycles. The van der Waals surface area contributed by atoms with Crippen LogP contribution in [0.4, 0.5) is 43.9 Å². The molecule has 0 saturated carbocycles. The molecule has 41 heavy (non-hydrogen) atoms. The van der Waals surface area contributed by atoms with E-state index in [0.29, 0.717) is 12.1 Å². The lowest BCUT2D eigenvalue weighted by Crippen LogP contribution is -2.40. The standard InChI is InChI=1S/C25H22ClF10NO3S/c1-12-6-16(7-13(2)21(12)26)18(24(31,32)33)9-20(27)15-4-5-17(19(8-15)25(34,35)36)22(38)37-14(3)10-41(39,40)11-23(28,29)30/h4-9,14,18H,10-11H2,1-3H3,(H,37,38)/b20-9-. The second kappa shape index (κ2) is 12.2. The van der Waals surface area contributed by atoms with Gasteiger partial charge >= 0.3 is 18.5 Å². The first kappa shape index (κ1) is 34.4. The fraction of sp³-hybridized carbons (Fsp3) is 0.400.